The standard InChI is InChI=1S/C17H19NSi.C14H11.Zr/c1-11-10-14-15(17-12(2)16(14)19(17,3)4)18(11)13-8-6-5-7-9-13;1-10-8-12-7-6-11-4-2-3-5-13(11)14(12)9-10;/h5-10,17H,1-4H3;2-9H,1H3;/q;-1;. The normalized spacial score (nSPS) is 17.1. The summed E-state index contributed by atoms with van der Waals surface area (Å²) in [5.41, 5.74) is 9.55. The van der Waals surface area contributed by atoms with E-state index in [0.717, 1.165) is 5.54 Å². The summed E-state index contributed by atoms with van der Waals surface area (Å²) in [5, 5.41) is 7.13. The molecule has 2 aliphatic heterocycles. The minimum Gasteiger partial charge on any atom is -0.317 e. The monoisotopic (exact) mass is 534 g/mol. The number of benzene rings is 3. The molecule has 1 nitrogen and oxygen atoms in total. The fourth-order valence-electron chi connectivity index (χ4n) is 6.54. The third-order valence-corrected chi connectivity index (χ3v) is 11.8. The van der Waals surface area contributed by atoms with Gasteiger partial charge in [-0.15, -0.1) is 28.5 Å². The van der Waals surface area contributed by atoms with Crippen molar-refractivity contribution in [2.75, 3.05) is 0 Å². The molecule has 1 atom stereocenters. The van der Waals surface area contributed by atoms with E-state index in [2.05, 4.69) is 123 Å². The molecule has 0 spiro atoms. The molecule has 3 aliphatic rings. The fraction of sp³-hybridized carbons (Fsp3) is 0.194. The van der Waals surface area contributed by atoms with Gasteiger partial charge in [-0.25, -0.2) is 0 Å². The zero-order valence-corrected chi connectivity index (χ0v) is 24.1. The van der Waals surface area contributed by atoms with Crippen LogP contribution in [0.5, 0.6) is 0 Å². The predicted molar refractivity (Wildman–Crippen MR) is 145 cm³/mol. The van der Waals surface area contributed by atoms with Gasteiger partial charge in [0, 0.05) is 48.8 Å². The summed E-state index contributed by atoms with van der Waals surface area (Å²) in [6.45, 7) is 11.8. The average Bonchev–Trinajstić information content (AvgIpc) is 3.48. The SMILES string of the molecule is CC1=C2c3cc(C)n(-c4ccccc4)c3C1[Si]2(C)C.Cc1cc2c(ccc3ccccc32)[cH-]1.[Zr]. The van der Waals surface area contributed by atoms with Gasteiger partial charge >= 0.3 is 0 Å². The van der Waals surface area contributed by atoms with Crippen molar-refractivity contribution in [3.63, 3.8) is 0 Å². The van der Waals surface area contributed by atoms with E-state index in [4.69, 9.17) is 0 Å². The van der Waals surface area contributed by atoms with Gasteiger partial charge < -0.3 is 4.57 Å². The maximum absolute atomic E-state index is 2.52. The number of hydrogen-bond donors (Lipinski definition) is 0. The average molecular weight is 536 g/mol. The van der Waals surface area contributed by atoms with Crippen LogP contribution in [0.3, 0.4) is 0 Å². The Kier molecular flexibility index (Phi) is 5.78. The number of para-hydroxylation sites is 1. The first kappa shape index (κ1) is 23.4. The molecule has 34 heavy (non-hydrogen) atoms. The summed E-state index contributed by atoms with van der Waals surface area (Å²) >= 11 is 0. The zero-order chi connectivity index (χ0) is 22.9. The van der Waals surface area contributed by atoms with Crippen molar-refractivity contribution in [3.05, 3.63) is 113 Å². The van der Waals surface area contributed by atoms with Gasteiger partial charge in [-0.3, -0.25) is 0 Å². The van der Waals surface area contributed by atoms with Crippen LogP contribution in [0.2, 0.25) is 13.1 Å². The third kappa shape index (κ3) is 3.32. The van der Waals surface area contributed by atoms with Crippen LogP contribution >= 0.6 is 0 Å². The first-order valence-electron chi connectivity index (χ1n) is 11.9. The molecule has 0 saturated heterocycles. The maximum atomic E-state index is 2.52. The fourth-order valence-corrected chi connectivity index (χ4v) is 10.9. The zero-order valence-electron chi connectivity index (χ0n) is 20.6. The van der Waals surface area contributed by atoms with Crippen molar-refractivity contribution in [2.24, 2.45) is 0 Å². The summed E-state index contributed by atoms with van der Waals surface area (Å²) in [6.07, 6.45) is 0. The van der Waals surface area contributed by atoms with Gasteiger partial charge in [-0.2, -0.15) is 6.07 Å². The number of hydrogen-bond acceptors (Lipinski definition) is 0. The van der Waals surface area contributed by atoms with Gasteiger partial charge in [0.25, 0.3) is 0 Å². The minimum atomic E-state index is -1.19. The summed E-state index contributed by atoms with van der Waals surface area (Å²) in [6, 6.07) is 30.6. The largest absolute Gasteiger partial charge is 0.317 e. The van der Waals surface area contributed by atoms with E-state index >= 15 is 0 Å². The molecule has 0 fully saturated rings. The summed E-state index contributed by atoms with van der Waals surface area (Å²) in [4.78, 5) is 0. The molecule has 2 bridgehead atoms. The van der Waals surface area contributed by atoms with Crippen LogP contribution in [0.1, 0.15) is 35.0 Å². The van der Waals surface area contributed by atoms with E-state index in [-0.39, 0.29) is 26.2 Å². The first-order valence-corrected chi connectivity index (χ1v) is 15.0. The first-order chi connectivity index (χ1) is 15.9. The number of aryl methyl sites for hydroxylation is 2. The Morgan fingerprint density at radius 2 is 1.50 bits per heavy atom. The van der Waals surface area contributed by atoms with Crippen molar-refractivity contribution in [2.45, 2.75) is 39.4 Å². The molecule has 1 unspecified atom stereocenters. The Morgan fingerprint density at radius 3 is 2.24 bits per heavy atom. The molecule has 0 saturated carbocycles. The van der Waals surface area contributed by atoms with E-state index < -0.39 is 8.07 Å². The molecule has 3 heterocycles. The van der Waals surface area contributed by atoms with Gasteiger partial charge in [0.1, 0.15) is 0 Å². The van der Waals surface area contributed by atoms with Crippen LogP contribution in [0.15, 0.2) is 90.5 Å². The molecule has 0 amide bonds. The Bertz CT molecular complexity index is 1570. The number of rotatable bonds is 1. The van der Waals surface area contributed by atoms with Crippen LogP contribution < -0.4 is 0 Å². The number of aromatic nitrogens is 1. The van der Waals surface area contributed by atoms with Crippen molar-refractivity contribution < 1.29 is 26.2 Å². The number of fused-ring (bicyclic) bond motifs is 3. The Labute approximate surface area is 222 Å². The van der Waals surface area contributed by atoms with Gasteiger partial charge in [0.2, 0.25) is 0 Å². The van der Waals surface area contributed by atoms with Gasteiger partial charge in [-0.1, -0.05) is 84.7 Å². The molecule has 0 N–H and O–H groups in total. The van der Waals surface area contributed by atoms with E-state index in [1.54, 1.807) is 22.0 Å². The second-order valence-corrected chi connectivity index (χ2v) is 14.8. The Morgan fingerprint density at radius 1 is 0.794 bits per heavy atom. The van der Waals surface area contributed by atoms with Crippen molar-refractivity contribution in [1.82, 2.24) is 4.57 Å². The van der Waals surface area contributed by atoms with E-state index in [9.17, 15) is 0 Å². The Hall–Kier alpha value is -2.35. The van der Waals surface area contributed by atoms with Crippen LogP contribution in [0.25, 0.3) is 32.4 Å². The van der Waals surface area contributed by atoms with Crippen molar-refractivity contribution >= 4 is 34.8 Å². The second kappa shape index (κ2) is 8.40. The minimum absolute atomic E-state index is 0. The van der Waals surface area contributed by atoms with Crippen LogP contribution in [-0.4, -0.2) is 12.6 Å². The molecule has 5 aromatic rings. The van der Waals surface area contributed by atoms with E-state index in [1.807, 2.05) is 0 Å². The van der Waals surface area contributed by atoms with Gasteiger partial charge in [-0.05, 0) is 43.0 Å². The Balaban J connectivity index is 0.000000144. The maximum Gasteiger partial charge on any atom is 0.0950 e. The number of allylic oxidation sites excluding steroid dienone is 1. The molecular weight excluding hydrogens is 506 g/mol. The van der Waals surface area contributed by atoms with Gasteiger partial charge in [0.05, 0.1) is 8.07 Å². The predicted octanol–water partition coefficient (Wildman–Crippen LogP) is 8.47. The topological polar surface area (TPSA) is 4.93 Å². The van der Waals surface area contributed by atoms with Crippen molar-refractivity contribution in [3.8, 4) is 5.69 Å². The molecule has 0 radical (unpaired) electrons. The molecular formula is C31H30NSiZr-. The van der Waals surface area contributed by atoms with Crippen LogP contribution in [0.4, 0.5) is 0 Å². The van der Waals surface area contributed by atoms with Crippen molar-refractivity contribution in [1.29, 1.82) is 0 Å². The van der Waals surface area contributed by atoms with E-state index in [1.165, 1.54) is 38.5 Å². The van der Waals surface area contributed by atoms with Gasteiger partial charge in [0.15, 0.2) is 0 Å². The molecule has 8 rings (SSSR count). The van der Waals surface area contributed by atoms with Crippen LogP contribution in [0, 0.1) is 13.8 Å². The summed E-state index contributed by atoms with van der Waals surface area (Å²) in [5.74, 6) is 0. The second-order valence-electron chi connectivity index (χ2n) is 10.3. The number of nitrogens with zero attached hydrogens (tertiary/aromatic N) is 1. The smallest absolute Gasteiger partial charge is 0.0950 e. The van der Waals surface area contributed by atoms with Crippen LogP contribution in [-0.2, 0) is 26.2 Å². The molecule has 1 aromatic heterocycles. The van der Waals surface area contributed by atoms with E-state index in [0.29, 0.717) is 0 Å². The summed E-state index contributed by atoms with van der Waals surface area (Å²) in [7, 11) is -1.19. The molecule has 4 aromatic carbocycles. The third-order valence-electron chi connectivity index (χ3n) is 7.73. The molecule has 168 valence electrons. The molecule has 3 heteroatoms. The quantitative estimate of drug-likeness (QED) is 0.150. The molecule has 1 aliphatic carbocycles. The summed E-state index contributed by atoms with van der Waals surface area (Å²) < 4.78 is 2.48.